The van der Waals surface area contributed by atoms with Crippen LogP contribution in [0.4, 0.5) is 0 Å². The molecule has 0 saturated heterocycles. The van der Waals surface area contributed by atoms with E-state index in [4.69, 9.17) is 0 Å². The number of imidazole rings is 1. The summed E-state index contributed by atoms with van der Waals surface area (Å²) >= 11 is 0. The Morgan fingerprint density at radius 3 is 2.94 bits per heavy atom. The Morgan fingerprint density at radius 2 is 2.33 bits per heavy atom. The van der Waals surface area contributed by atoms with Crippen molar-refractivity contribution in [1.82, 2.24) is 25.1 Å². The molecule has 2 rings (SSSR count). The first-order chi connectivity index (χ1) is 8.76. The molecule has 2 N–H and O–H groups in total. The van der Waals surface area contributed by atoms with E-state index in [1.54, 1.807) is 12.3 Å². The third-order valence-electron chi connectivity index (χ3n) is 2.76. The minimum atomic E-state index is -0.203. The molecule has 0 aromatic carbocycles. The number of aromatic amines is 1. The maximum atomic E-state index is 11.0. The average molecular weight is 247 g/mol. The Labute approximate surface area is 105 Å². The van der Waals surface area contributed by atoms with Crippen LogP contribution in [0.15, 0.2) is 29.3 Å². The fraction of sp³-hybridized carbons (Fsp3) is 0.417. The molecular formula is C12H17N5O. The van der Waals surface area contributed by atoms with Crippen molar-refractivity contribution >= 4 is 0 Å². The van der Waals surface area contributed by atoms with Gasteiger partial charge in [-0.1, -0.05) is 6.92 Å². The summed E-state index contributed by atoms with van der Waals surface area (Å²) in [5.41, 5.74) is 0.547. The van der Waals surface area contributed by atoms with Crippen LogP contribution >= 0.6 is 0 Å². The molecule has 18 heavy (non-hydrogen) atoms. The molecule has 2 aromatic heterocycles. The Balaban J connectivity index is 2.35. The van der Waals surface area contributed by atoms with Gasteiger partial charge in [0.1, 0.15) is 11.9 Å². The van der Waals surface area contributed by atoms with Gasteiger partial charge in [-0.2, -0.15) is 5.10 Å². The van der Waals surface area contributed by atoms with Gasteiger partial charge in [-0.3, -0.25) is 4.79 Å². The van der Waals surface area contributed by atoms with E-state index in [2.05, 4.69) is 32.0 Å². The van der Waals surface area contributed by atoms with Crippen molar-refractivity contribution in [2.24, 2.45) is 0 Å². The topological polar surface area (TPSA) is 75.6 Å². The van der Waals surface area contributed by atoms with Gasteiger partial charge in [0, 0.05) is 25.0 Å². The fourth-order valence-corrected chi connectivity index (χ4v) is 1.94. The summed E-state index contributed by atoms with van der Waals surface area (Å²) in [6.45, 7) is 3.03. The summed E-state index contributed by atoms with van der Waals surface area (Å²) in [5.74, 6) is 0.902. The van der Waals surface area contributed by atoms with Crippen molar-refractivity contribution in [3.8, 4) is 0 Å². The van der Waals surface area contributed by atoms with Crippen LogP contribution in [0.2, 0.25) is 0 Å². The van der Waals surface area contributed by atoms with E-state index in [1.165, 1.54) is 6.07 Å². The molecule has 0 aliphatic heterocycles. The minimum Gasteiger partial charge on any atom is -0.333 e. The molecule has 0 bridgehead atoms. The number of hydrogen-bond donors (Lipinski definition) is 2. The standard InChI is InChI=1S/C12H17N5O/c1-3-7-17-8-6-14-12(17)11(13-2)9-4-5-10(18)16-15-9/h4-6,8,11,13H,3,7H2,1-2H3,(H,16,18). The van der Waals surface area contributed by atoms with E-state index in [1.807, 2.05) is 13.2 Å². The van der Waals surface area contributed by atoms with Crippen LogP contribution in [-0.4, -0.2) is 26.8 Å². The van der Waals surface area contributed by atoms with Crippen molar-refractivity contribution in [3.63, 3.8) is 0 Å². The molecule has 0 fully saturated rings. The van der Waals surface area contributed by atoms with Gasteiger partial charge < -0.3 is 9.88 Å². The molecule has 2 aromatic rings. The molecule has 1 unspecified atom stereocenters. The van der Waals surface area contributed by atoms with Crippen LogP contribution in [0, 0.1) is 0 Å². The summed E-state index contributed by atoms with van der Waals surface area (Å²) in [6.07, 6.45) is 4.77. The predicted molar refractivity (Wildman–Crippen MR) is 68.3 cm³/mol. The third-order valence-corrected chi connectivity index (χ3v) is 2.76. The van der Waals surface area contributed by atoms with Crippen molar-refractivity contribution < 1.29 is 0 Å². The van der Waals surface area contributed by atoms with E-state index in [0.717, 1.165) is 24.5 Å². The van der Waals surface area contributed by atoms with Crippen molar-refractivity contribution in [2.45, 2.75) is 25.9 Å². The van der Waals surface area contributed by atoms with Gasteiger partial charge in [0.05, 0.1) is 5.69 Å². The molecule has 0 aliphatic rings. The van der Waals surface area contributed by atoms with Crippen molar-refractivity contribution in [2.75, 3.05) is 7.05 Å². The highest BCUT2D eigenvalue weighted by Crippen LogP contribution is 2.17. The first-order valence-corrected chi connectivity index (χ1v) is 6.00. The molecule has 1 atom stereocenters. The van der Waals surface area contributed by atoms with Gasteiger partial charge >= 0.3 is 0 Å². The van der Waals surface area contributed by atoms with E-state index in [9.17, 15) is 4.79 Å². The zero-order valence-electron chi connectivity index (χ0n) is 10.6. The molecule has 0 aliphatic carbocycles. The first kappa shape index (κ1) is 12.5. The van der Waals surface area contributed by atoms with E-state index in [-0.39, 0.29) is 11.6 Å². The zero-order chi connectivity index (χ0) is 13.0. The first-order valence-electron chi connectivity index (χ1n) is 6.00. The zero-order valence-corrected chi connectivity index (χ0v) is 10.6. The van der Waals surface area contributed by atoms with E-state index < -0.39 is 0 Å². The molecule has 2 heterocycles. The van der Waals surface area contributed by atoms with E-state index >= 15 is 0 Å². The lowest BCUT2D eigenvalue weighted by molar-refractivity contribution is 0.554. The lowest BCUT2D eigenvalue weighted by atomic mass is 10.2. The second-order valence-corrected chi connectivity index (χ2v) is 4.05. The fourth-order valence-electron chi connectivity index (χ4n) is 1.94. The normalized spacial score (nSPS) is 12.6. The summed E-state index contributed by atoms with van der Waals surface area (Å²) in [5, 5.41) is 9.67. The van der Waals surface area contributed by atoms with Gasteiger partial charge in [0.2, 0.25) is 0 Å². The second kappa shape index (κ2) is 5.59. The maximum Gasteiger partial charge on any atom is 0.264 e. The monoisotopic (exact) mass is 247 g/mol. The second-order valence-electron chi connectivity index (χ2n) is 4.05. The van der Waals surface area contributed by atoms with Gasteiger partial charge in [0.15, 0.2) is 0 Å². The third kappa shape index (κ3) is 2.48. The largest absolute Gasteiger partial charge is 0.333 e. The lowest BCUT2D eigenvalue weighted by Gasteiger charge is -2.16. The average Bonchev–Trinajstić information content (AvgIpc) is 2.82. The van der Waals surface area contributed by atoms with Crippen LogP contribution in [-0.2, 0) is 6.54 Å². The molecule has 0 radical (unpaired) electrons. The molecule has 6 nitrogen and oxygen atoms in total. The summed E-state index contributed by atoms with van der Waals surface area (Å²) in [4.78, 5) is 15.4. The predicted octanol–water partition coefficient (Wildman–Crippen LogP) is 0.685. The molecule has 0 spiro atoms. The summed E-state index contributed by atoms with van der Waals surface area (Å²) in [7, 11) is 1.85. The summed E-state index contributed by atoms with van der Waals surface area (Å²) in [6, 6.07) is 3.06. The highest BCUT2D eigenvalue weighted by Gasteiger charge is 2.18. The number of aryl methyl sites for hydroxylation is 1. The number of nitrogens with one attached hydrogen (secondary N) is 2. The van der Waals surface area contributed by atoms with Gasteiger partial charge in [-0.25, -0.2) is 10.1 Å². The number of hydrogen-bond acceptors (Lipinski definition) is 4. The summed E-state index contributed by atoms with van der Waals surface area (Å²) < 4.78 is 2.09. The van der Waals surface area contributed by atoms with Crippen LogP contribution in [0.25, 0.3) is 0 Å². The van der Waals surface area contributed by atoms with Gasteiger partial charge in [-0.15, -0.1) is 0 Å². The molecule has 96 valence electrons. The van der Waals surface area contributed by atoms with Gasteiger partial charge in [0.25, 0.3) is 5.56 Å². The van der Waals surface area contributed by atoms with Crippen LogP contribution in [0.1, 0.15) is 30.9 Å². The SMILES string of the molecule is CCCn1ccnc1C(NC)c1ccc(=O)[nH]n1. The molecular weight excluding hydrogens is 230 g/mol. The maximum absolute atomic E-state index is 11.0. The minimum absolute atomic E-state index is 0.122. The van der Waals surface area contributed by atoms with Crippen molar-refractivity contribution in [1.29, 1.82) is 0 Å². The highest BCUT2D eigenvalue weighted by atomic mass is 16.1. The van der Waals surface area contributed by atoms with Gasteiger partial charge in [-0.05, 0) is 19.5 Å². The Kier molecular flexibility index (Phi) is 3.88. The number of rotatable bonds is 5. The highest BCUT2D eigenvalue weighted by molar-refractivity contribution is 5.16. The molecule has 6 heteroatoms. The Bertz CT molecular complexity index is 539. The molecule has 0 saturated carbocycles. The molecule has 0 amide bonds. The van der Waals surface area contributed by atoms with Crippen molar-refractivity contribution in [3.05, 3.63) is 46.4 Å². The van der Waals surface area contributed by atoms with Crippen LogP contribution in [0.5, 0.6) is 0 Å². The Hall–Kier alpha value is -1.95. The Morgan fingerprint density at radius 1 is 1.50 bits per heavy atom. The number of H-pyrrole nitrogens is 1. The lowest BCUT2D eigenvalue weighted by Crippen LogP contribution is -2.24. The number of nitrogens with zero attached hydrogens (tertiary/aromatic N) is 3. The number of aromatic nitrogens is 4. The quantitative estimate of drug-likeness (QED) is 0.815. The van der Waals surface area contributed by atoms with Crippen LogP contribution < -0.4 is 10.9 Å². The van der Waals surface area contributed by atoms with E-state index in [0.29, 0.717) is 0 Å². The van der Waals surface area contributed by atoms with Crippen LogP contribution in [0.3, 0.4) is 0 Å². The smallest absolute Gasteiger partial charge is 0.264 e.